The highest BCUT2D eigenvalue weighted by Gasteiger charge is 2.46. The highest BCUT2D eigenvalue weighted by molar-refractivity contribution is 5.74. The number of halogens is 1. The number of hydrogen-bond donors (Lipinski definition) is 2. The van der Waals surface area contributed by atoms with Crippen LogP contribution in [0, 0.1) is 5.82 Å². The predicted octanol–water partition coefficient (Wildman–Crippen LogP) is 4.29. The quantitative estimate of drug-likeness (QED) is 0.576. The van der Waals surface area contributed by atoms with Crippen molar-refractivity contribution in [3.8, 4) is 39.9 Å². The van der Waals surface area contributed by atoms with Crippen LogP contribution in [0.15, 0.2) is 36.5 Å². The van der Waals surface area contributed by atoms with Gasteiger partial charge in [0.05, 0.1) is 24.6 Å². The van der Waals surface area contributed by atoms with Crippen LogP contribution in [0.5, 0.6) is 17.5 Å². The molecule has 2 fully saturated rings. The average Bonchev–Trinajstić information content (AvgIpc) is 2.78. The van der Waals surface area contributed by atoms with E-state index in [9.17, 15) is 5.11 Å². The Balaban J connectivity index is 1.35. The van der Waals surface area contributed by atoms with Gasteiger partial charge in [-0.15, -0.1) is 15.3 Å². The lowest BCUT2D eigenvalue weighted by molar-refractivity contribution is 0.00726. The Kier molecular flexibility index (Phi) is 5.59. The second-order valence-electron chi connectivity index (χ2n) is 9.84. The monoisotopic (exact) mass is 465 g/mol. The second kappa shape index (κ2) is 8.47. The first-order valence-electron chi connectivity index (χ1n) is 11.5. The van der Waals surface area contributed by atoms with Crippen LogP contribution in [0.3, 0.4) is 0 Å². The molecule has 2 bridgehead atoms. The lowest BCUT2D eigenvalue weighted by atomic mass is 9.70. The molecule has 0 amide bonds. The molecule has 9 heteroatoms. The number of methoxy groups -OCH3 is 1. The summed E-state index contributed by atoms with van der Waals surface area (Å²) < 4.78 is 26.3. The topological polar surface area (TPSA) is 102 Å². The summed E-state index contributed by atoms with van der Waals surface area (Å²) in [5, 5.41) is 30.3. The maximum Gasteiger partial charge on any atom is 0.233 e. The fourth-order valence-electron chi connectivity index (χ4n) is 5.49. The number of nitrogens with zero attached hydrogens (tertiary/aromatic N) is 4. The molecule has 0 saturated carbocycles. The molecule has 0 spiro atoms. The van der Waals surface area contributed by atoms with Gasteiger partial charge in [-0.25, -0.2) is 4.39 Å². The molecular weight excluding hydrogens is 437 g/mol. The Morgan fingerprint density at radius 1 is 1.00 bits per heavy atom. The van der Waals surface area contributed by atoms with Crippen molar-refractivity contribution in [2.24, 2.45) is 0 Å². The average molecular weight is 466 g/mol. The fraction of sp³-hybridized carbons (Fsp3) is 0.440. The lowest BCUT2D eigenvalue weighted by Crippen LogP contribution is -2.65. The Bertz CT molecular complexity index is 1170. The number of phenols is 1. The first-order valence-corrected chi connectivity index (χ1v) is 11.5. The van der Waals surface area contributed by atoms with Crippen LogP contribution >= 0.6 is 0 Å². The van der Waals surface area contributed by atoms with Crippen molar-refractivity contribution in [1.29, 1.82) is 0 Å². The van der Waals surface area contributed by atoms with Gasteiger partial charge in [0, 0.05) is 41.6 Å². The summed E-state index contributed by atoms with van der Waals surface area (Å²) in [5.41, 5.74) is 1.34. The van der Waals surface area contributed by atoms with E-state index in [-0.39, 0.29) is 34.2 Å². The second-order valence-corrected chi connectivity index (χ2v) is 9.84. The van der Waals surface area contributed by atoms with Crippen molar-refractivity contribution in [2.45, 2.75) is 63.1 Å². The number of benzene rings is 1. The first kappa shape index (κ1) is 22.5. The third-order valence-electron chi connectivity index (χ3n) is 6.84. The summed E-state index contributed by atoms with van der Waals surface area (Å²) >= 11 is 0. The minimum atomic E-state index is -0.624. The molecule has 2 aliphatic heterocycles. The molecule has 5 rings (SSSR count). The van der Waals surface area contributed by atoms with E-state index in [0.29, 0.717) is 22.9 Å². The molecule has 2 atom stereocenters. The number of fused-ring (bicyclic) bond motifs is 2. The van der Waals surface area contributed by atoms with Crippen molar-refractivity contribution in [3.63, 3.8) is 0 Å². The normalized spacial score (nSPS) is 26.2. The van der Waals surface area contributed by atoms with E-state index in [2.05, 4.69) is 39.6 Å². The molecule has 2 aromatic heterocycles. The van der Waals surface area contributed by atoms with E-state index in [4.69, 9.17) is 9.47 Å². The highest BCUT2D eigenvalue weighted by Crippen LogP contribution is 2.41. The SMILES string of the molecule is COc1cc(-c2cc(O)c(-c3ccc(OC4CC5(C)CCCC(C)(C4)N5)nn3)c(F)c2)cnn1. The van der Waals surface area contributed by atoms with Gasteiger partial charge >= 0.3 is 0 Å². The number of ether oxygens (including phenoxy) is 2. The van der Waals surface area contributed by atoms with Gasteiger partial charge in [0.1, 0.15) is 17.7 Å². The molecule has 2 unspecified atom stereocenters. The molecule has 0 radical (unpaired) electrons. The molecule has 3 aromatic rings. The van der Waals surface area contributed by atoms with Crippen LogP contribution in [0.2, 0.25) is 0 Å². The van der Waals surface area contributed by atoms with E-state index in [1.165, 1.54) is 31.9 Å². The van der Waals surface area contributed by atoms with E-state index >= 15 is 4.39 Å². The number of aromatic hydroxyl groups is 1. The fourth-order valence-corrected chi connectivity index (χ4v) is 5.49. The van der Waals surface area contributed by atoms with Crippen molar-refractivity contribution in [1.82, 2.24) is 25.7 Å². The zero-order valence-corrected chi connectivity index (χ0v) is 19.5. The molecule has 1 aromatic carbocycles. The molecule has 8 nitrogen and oxygen atoms in total. The molecule has 34 heavy (non-hydrogen) atoms. The molecule has 2 N–H and O–H groups in total. The molecular formula is C25H28FN5O3. The Hall–Kier alpha value is -3.33. The summed E-state index contributed by atoms with van der Waals surface area (Å²) in [6.07, 6.45) is 6.79. The molecule has 0 aliphatic carbocycles. The molecule has 2 saturated heterocycles. The largest absolute Gasteiger partial charge is 0.507 e. The number of aromatic nitrogens is 4. The van der Waals surface area contributed by atoms with Crippen LogP contribution in [-0.4, -0.2) is 49.8 Å². The number of phenolic OH excluding ortho intramolecular Hbond substituents is 1. The Morgan fingerprint density at radius 3 is 2.41 bits per heavy atom. The lowest BCUT2D eigenvalue weighted by Gasteiger charge is -2.53. The predicted molar refractivity (Wildman–Crippen MR) is 124 cm³/mol. The van der Waals surface area contributed by atoms with Crippen LogP contribution in [0.1, 0.15) is 46.0 Å². The van der Waals surface area contributed by atoms with Gasteiger partial charge in [-0.3, -0.25) is 0 Å². The van der Waals surface area contributed by atoms with Crippen molar-refractivity contribution < 1.29 is 19.0 Å². The van der Waals surface area contributed by atoms with Crippen molar-refractivity contribution in [3.05, 3.63) is 42.3 Å². The molecule has 2 aliphatic rings. The number of rotatable bonds is 5. The number of piperidine rings is 2. The molecule has 4 heterocycles. The van der Waals surface area contributed by atoms with Gasteiger partial charge in [0.2, 0.25) is 11.8 Å². The van der Waals surface area contributed by atoms with Crippen LogP contribution in [-0.2, 0) is 0 Å². The summed E-state index contributed by atoms with van der Waals surface area (Å²) in [4.78, 5) is 0. The molecule has 178 valence electrons. The van der Waals surface area contributed by atoms with E-state index in [0.717, 1.165) is 25.7 Å². The van der Waals surface area contributed by atoms with Gasteiger partial charge < -0.3 is 19.9 Å². The van der Waals surface area contributed by atoms with Gasteiger partial charge in [0.15, 0.2) is 0 Å². The number of nitrogens with one attached hydrogen (secondary N) is 1. The maximum atomic E-state index is 15.0. The Morgan fingerprint density at radius 2 is 1.76 bits per heavy atom. The van der Waals surface area contributed by atoms with Crippen molar-refractivity contribution >= 4 is 0 Å². The number of hydrogen-bond acceptors (Lipinski definition) is 8. The minimum absolute atomic E-state index is 0.0202. The van der Waals surface area contributed by atoms with Crippen LogP contribution < -0.4 is 14.8 Å². The third kappa shape index (κ3) is 4.40. The zero-order chi connectivity index (χ0) is 23.9. The summed E-state index contributed by atoms with van der Waals surface area (Å²) in [6.45, 7) is 4.50. The van der Waals surface area contributed by atoms with Crippen LogP contribution in [0.4, 0.5) is 4.39 Å². The zero-order valence-electron chi connectivity index (χ0n) is 19.5. The summed E-state index contributed by atoms with van der Waals surface area (Å²) in [7, 11) is 1.47. The summed E-state index contributed by atoms with van der Waals surface area (Å²) in [5.74, 6) is -0.183. The van der Waals surface area contributed by atoms with E-state index in [1.54, 1.807) is 18.2 Å². The third-order valence-corrected chi connectivity index (χ3v) is 6.84. The van der Waals surface area contributed by atoms with Gasteiger partial charge in [0.25, 0.3) is 0 Å². The minimum Gasteiger partial charge on any atom is -0.507 e. The summed E-state index contributed by atoms with van der Waals surface area (Å²) in [6, 6.07) is 7.67. The van der Waals surface area contributed by atoms with Gasteiger partial charge in [-0.1, -0.05) is 0 Å². The van der Waals surface area contributed by atoms with Crippen LogP contribution in [0.25, 0.3) is 22.4 Å². The Labute approximate surface area is 197 Å². The first-order chi connectivity index (χ1) is 16.3. The van der Waals surface area contributed by atoms with Crippen molar-refractivity contribution in [2.75, 3.05) is 7.11 Å². The van der Waals surface area contributed by atoms with Gasteiger partial charge in [-0.2, -0.15) is 5.10 Å². The maximum absolute atomic E-state index is 15.0. The highest BCUT2D eigenvalue weighted by atomic mass is 19.1. The van der Waals surface area contributed by atoms with E-state index in [1.807, 2.05) is 0 Å². The standard InChI is InChI=1S/C25H28FN5O3/c1-24-7-4-8-25(2,31-24)13-17(12-24)34-21-6-5-19(28-30-21)23-18(26)9-15(10-20(23)32)16-11-22(33-3)29-27-14-16/h5-6,9-11,14,17,31-32H,4,7-8,12-13H2,1-3H3. The van der Waals surface area contributed by atoms with Gasteiger partial charge in [-0.05, 0) is 56.9 Å². The van der Waals surface area contributed by atoms with E-state index < -0.39 is 5.82 Å². The smallest absolute Gasteiger partial charge is 0.233 e.